The molecular formula is C35H48N2O7S2Si. The lowest BCUT2D eigenvalue weighted by molar-refractivity contribution is -0.144. The van der Waals surface area contributed by atoms with E-state index in [4.69, 9.17) is 19.6 Å². The van der Waals surface area contributed by atoms with Crippen molar-refractivity contribution in [1.29, 1.82) is 0 Å². The van der Waals surface area contributed by atoms with Crippen molar-refractivity contribution in [2.75, 3.05) is 26.1 Å². The summed E-state index contributed by atoms with van der Waals surface area (Å²) in [6.07, 6.45) is -1.87. The van der Waals surface area contributed by atoms with Gasteiger partial charge in [-0.3, -0.25) is 4.79 Å². The first-order chi connectivity index (χ1) is 22.3. The summed E-state index contributed by atoms with van der Waals surface area (Å²) in [6, 6.07) is 24.9. The second-order valence-electron chi connectivity index (χ2n) is 12.8. The number of thioether (sulfide) groups is 1. The van der Waals surface area contributed by atoms with Crippen molar-refractivity contribution in [3.63, 3.8) is 0 Å². The van der Waals surface area contributed by atoms with E-state index in [1.807, 2.05) is 43.3 Å². The summed E-state index contributed by atoms with van der Waals surface area (Å²) in [5, 5.41) is 13.0. The van der Waals surface area contributed by atoms with Gasteiger partial charge in [-0.1, -0.05) is 99.1 Å². The SMILES string of the molecule is CCOC(=O)[C@@H](N)CS[C@H]1C[C@@H](O)[C@H](CO[Si](c2ccccc2)(c2ccccc2)C(C)(C)C)N(S(=O)(=O)c2ccc(C)cc2)[C@@H]1OC. The monoisotopic (exact) mass is 700 g/mol. The summed E-state index contributed by atoms with van der Waals surface area (Å²) in [5.74, 6) is -0.372. The highest BCUT2D eigenvalue weighted by atomic mass is 32.2. The summed E-state index contributed by atoms with van der Waals surface area (Å²) >= 11 is 1.29. The van der Waals surface area contributed by atoms with Gasteiger partial charge in [0.15, 0.2) is 0 Å². The highest BCUT2D eigenvalue weighted by Crippen LogP contribution is 2.40. The molecule has 1 fully saturated rings. The van der Waals surface area contributed by atoms with Crippen molar-refractivity contribution in [3.05, 3.63) is 90.5 Å². The fourth-order valence-corrected chi connectivity index (χ4v) is 14.1. The predicted octanol–water partition coefficient (Wildman–Crippen LogP) is 3.66. The van der Waals surface area contributed by atoms with Gasteiger partial charge >= 0.3 is 5.97 Å². The smallest absolute Gasteiger partial charge is 0.323 e. The number of carbonyl (C=O) groups excluding carboxylic acids is 1. The predicted molar refractivity (Wildman–Crippen MR) is 190 cm³/mol. The Bertz CT molecular complexity index is 1510. The number of aliphatic hydroxyl groups is 1. The number of carbonyl (C=O) groups is 1. The molecule has 1 heterocycles. The maximum absolute atomic E-state index is 14.5. The van der Waals surface area contributed by atoms with E-state index in [0.717, 1.165) is 15.9 Å². The molecular weight excluding hydrogens is 653 g/mol. The number of benzene rings is 3. The van der Waals surface area contributed by atoms with Crippen molar-refractivity contribution >= 4 is 46.4 Å². The van der Waals surface area contributed by atoms with Gasteiger partial charge in [-0.15, -0.1) is 0 Å². The first-order valence-electron chi connectivity index (χ1n) is 15.9. The number of aryl methyl sites for hydroxylation is 1. The van der Waals surface area contributed by atoms with Gasteiger partial charge in [0.2, 0.25) is 10.0 Å². The third-order valence-corrected chi connectivity index (χ3v) is 16.9. The van der Waals surface area contributed by atoms with Gasteiger partial charge in [0.25, 0.3) is 8.32 Å². The number of rotatable bonds is 13. The van der Waals surface area contributed by atoms with Gasteiger partial charge in [-0.05, 0) is 47.8 Å². The average Bonchev–Trinajstić information content (AvgIpc) is 3.04. The number of nitrogens with zero attached hydrogens (tertiary/aromatic N) is 1. The van der Waals surface area contributed by atoms with E-state index in [1.54, 1.807) is 31.2 Å². The van der Waals surface area contributed by atoms with Crippen LogP contribution < -0.4 is 16.1 Å². The van der Waals surface area contributed by atoms with Gasteiger partial charge in [-0.2, -0.15) is 16.1 Å². The average molecular weight is 701 g/mol. The van der Waals surface area contributed by atoms with Gasteiger partial charge < -0.3 is 24.7 Å². The Morgan fingerprint density at radius 3 is 2.06 bits per heavy atom. The van der Waals surface area contributed by atoms with Gasteiger partial charge in [-0.25, -0.2) is 8.42 Å². The molecule has 0 bridgehead atoms. The van der Waals surface area contributed by atoms with E-state index in [9.17, 15) is 18.3 Å². The minimum Gasteiger partial charge on any atom is -0.465 e. The molecule has 0 radical (unpaired) electrons. The summed E-state index contributed by atoms with van der Waals surface area (Å²) in [5.41, 5.74) is 7.01. The van der Waals surface area contributed by atoms with Crippen LogP contribution >= 0.6 is 11.8 Å². The minimum absolute atomic E-state index is 0.0703. The number of hydrogen-bond donors (Lipinski definition) is 2. The lowest BCUT2D eigenvalue weighted by atomic mass is 10.0. The maximum atomic E-state index is 14.5. The summed E-state index contributed by atoms with van der Waals surface area (Å²) in [6.45, 7) is 10.2. The zero-order chi connectivity index (χ0) is 34.4. The molecule has 9 nitrogen and oxygen atoms in total. The van der Waals surface area contributed by atoms with Crippen LogP contribution in [-0.4, -0.2) is 87.9 Å². The first kappa shape index (κ1) is 37.3. The van der Waals surface area contributed by atoms with E-state index in [1.165, 1.54) is 23.2 Å². The lowest BCUT2D eigenvalue weighted by Crippen LogP contribution is -2.69. The Labute approximate surface area is 285 Å². The number of nitrogens with two attached hydrogens (primary N) is 1. The van der Waals surface area contributed by atoms with Crippen molar-refractivity contribution in [2.24, 2.45) is 5.73 Å². The largest absolute Gasteiger partial charge is 0.465 e. The van der Waals surface area contributed by atoms with Crippen LogP contribution in [0.5, 0.6) is 0 Å². The third kappa shape index (κ3) is 8.02. The Kier molecular flexibility index (Phi) is 12.5. The van der Waals surface area contributed by atoms with Crippen molar-refractivity contribution in [1.82, 2.24) is 4.31 Å². The number of methoxy groups -OCH3 is 1. The van der Waals surface area contributed by atoms with Crippen molar-refractivity contribution < 1.29 is 32.2 Å². The van der Waals surface area contributed by atoms with Crippen LogP contribution in [0.4, 0.5) is 0 Å². The maximum Gasteiger partial charge on any atom is 0.323 e. The number of sulfonamides is 1. The molecule has 256 valence electrons. The molecule has 1 aliphatic rings. The fourth-order valence-electron chi connectivity index (χ4n) is 6.29. The zero-order valence-electron chi connectivity index (χ0n) is 28.0. The van der Waals surface area contributed by atoms with Crippen LogP contribution in [0.25, 0.3) is 0 Å². The molecule has 5 atom stereocenters. The Hall–Kier alpha value is -2.55. The van der Waals surface area contributed by atoms with E-state index >= 15 is 0 Å². The van der Waals surface area contributed by atoms with Crippen LogP contribution in [0.2, 0.25) is 5.04 Å². The Morgan fingerprint density at radius 2 is 1.57 bits per heavy atom. The zero-order valence-corrected chi connectivity index (χ0v) is 30.7. The Balaban J connectivity index is 1.79. The third-order valence-electron chi connectivity index (χ3n) is 8.62. The molecule has 0 aromatic heterocycles. The number of piperidine rings is 1. The second kappa shape index (κ2) is 15.8. The molecule has 3 aromatic rings. The molecule has 12 heteroatoms. The molecule has 3 aromatic carbocycles. The number of esters is 1. The normalized spacial score (nSPS) is 21.7. The van der Waals surface area contributed by atoms with Crippen LogP contribution in [0.15, 0.2) is 89.8 Å². The molecule has 0 aliphatic carbocycles. The van der Waals surface area contributed by atoms with Gasteiger partial charge in [0.05, 0.1) is 30.3 Å². The van der Waals surface area contributed by atoms with E-state index in [2.05, 4.69) is 45.0 Å². The van der Waals surface area contributed by atoms with E-state index in [0.29, 0.717) is 0 Å². The summed E-state index contributed by atoms with van der Waals surface area (Å²) in [7, 11) is -5.83. The Morgan fingerprint density at radius 1 is 1.02 bits per heavy atom. The van der Waals surface area contributed by atoms with Gasteiger partial charge in [0.1, 0.15) is 12.3 Å². The van der Waals surface area contributed by atoms with Crippen molar-refractivity contribution in [2.45, 2.75) is 80.6 Å². The standard InChI is InChI=1S/C35H48N2O7S2Si/c1-7-43-34(39)29(36)24-45-32-22-31(38)30(37(33(32)42-6)46(40,41)26-20-18-25(2)19-21-26)23-44-47(35(3,4)5,27-14-10-8-11-15-27)28-16-12-9-13-17-28/h8-21,29-33,38H,7,22-24,36H2,1-6H3/t29-,30-,31+,32-,33+/m0/s1. The minimum atomic E-state index is -4.20. The lowest BCUT2D eigenvalue weighted by Gasteiger charge is -2.49. The molecule has 0 saturated carbocycles. The van der Waals surface area contributed by atoms with Gasteiger partial charge in [0, 0.05) is 18.1 Å². The highest BCUT2D eigenvalue weighted by Gasteiger charge is 2.54. The molecule has 1 saturated heterocycles. The first-order valence-corrected chi connectivity index (χ1v) is 20.3. The van der Waals surface area contributed by atoms with Crippen LogP contribution in [0.1, 0.15) is 39.7 Å². The number of hydrogen-bond acceptors (Lipinski definition) is 9. The highest BCUT2D eigenvalue weighted by molar-refractivity contribution is 8.00. The quantitative estimate of drug-likeness (QED) is 0.203. The molecule has 0 amide bonds. The summed E-state index contributed by atoms with van der Waals surface area (Å²) in [4.78, 5) is 12.3. The number of ether oxygens (including phenoxy) is 2. The number of aliphatic hydroxyl groups excluding tert-OH is 1. The van der Waals surface area contributed by atoms with Crippen LogP contribution in [0.3, 0.4) is 0 Å². The molecule has 47 heavy (non-hydrogen) atoms. The molecule has 0 spiro atoms. The molecule has 3 N–H and O–H groups in total. The molecule has 0 unspecified atom stereocenters. The van der Waals surface area contributed by atoms with Crippen molar-refractivity contribution in [3.8, 4) is 0 Å². The topological polar surface area (TPSA) is 128 Å². The fraction of sp³-hybridized carbons (Fsp3) is 0.457. The summed E-state index contributed by atoms with van der Waals surface area (Å²) < 4.78 is 48.5. The van der Waals surface area contributed by atoms with Crippen LogP contribution in [-0.2, 0) is 28.7 Å². The molecule has 4 rings (SSSR count). The van der Waals surface area contributed by atoms with E-state index in [-0.39, 0.29) is 35.3 Å². The van der Waals surface area contributed by atoms with Crippen LogP contribution in [0, 0.1) is 6.92 Å². The van der Waals surface area contributed by atoms with E-state index < -0.39 is 54.0 Å². The second-order valence-corrected chi connectivity index (χ2v) is 20.3. The molecule has 1 aliphatic heterocycles.